The maximum atomic E-state index is 11.7. The van der Waals surface area contributed by atoms with Crippen LogP contribution in [0.4, 0.5) is 0 Å². The van der Waals surface area contributed by atoms with E-state index in [0.717, 1.165) is 13.1 Å². The molecule has 1 atom stereocenters. The highest BCUT2D eigenvalue weighted by atomic mass is 32.2. The largest absolute Gasteiger partial charge is 0.342 e. The number of carbonyl (C=O) groups is 1. The van der Waals surface area contributed by atoms with Crippen LogP contribution in [0.1, 0.15) is 25.7 Å². The maximum Gasteiger partial charge on any atom is 0.236 e. The Hall–Kier alpha value is -0.220. The standard InChI is InChI=1S/C11H20N2OS/c14-11(13-5-1-2-6-13)8-12-10-4-3-7-15-9-10/h10,12H,1-9H2. The van der Waals surface area contributed by atoms with Gasteiger partial charge in [0.15, 0.2) is 0 Å². The predicted molar refractivity (Wildman–Crippen MR) is 64.2 cm³/mol. The average molecular weight is 228 g/mol. The van der Waals surface area contributed by atoms with Gasteiger partial charge in [0.25, 0.3) is 0 Å². The topological polar surface area (TPSA) is 32.3 Å². The third kappa shape index (κ3) is 3.38. The van der Waals surface area contributed by atoms with Gasteiger partial charge in [-0.15, -0.1) is 0 Å². The highest BCUT2D eigenvalue weighted by Gasteiger charge is 2.19. The zero-order chi connectivity index (χ0) is 10.5. The molecule has 2 aliphatic heterocycles. The number of thioether (sulfide) groups is 1. The molecule has 3 nitrogen and oxygen atoms in total. The smallest absolute Gasteiger partial charge is 0.236 e. The molecule has 1 N–H and O–H groups in total. The van der Waals surface area contributed by atoms with Crippen molar-refractivity contribution >= 4 is 17.7 Å². The van der Waals surface area contributed by atoms with E-state index in [1.54, 1.807) is 0 Å². The second-order valence-electron chi connectivity index (χ2n) is 4.38. The third-order valence-corrected chi connectivity index (χ3v) is 4.38. The van der Waals surface area contributed by atoms with Crippen LogP contribution in [0.3, 0.4) is 0 Å². The van der Waals surface area contributed by atoms with E-state index in [-0.39, 0.29) is 0 Å². The first-order valence-electron chi connectivity index (χ1n) is 5.95. The highest BCUT2D eigenvalue weighted by molar-refractivity contribution is 7.99. The summed E-state index contributed by atoms with van der Waals surface area (Å²) in [6.07, 6.45) is 4.90. The molecular weight excluding hydrogens is 208 g/mol. The first kappa shape index (κ1) is 11.3. The van der Waals surface area contributed by atoms with Gasteiger partial charge < -0.3 is 10.2 Å². The summed E-state index contributed by atoms with van der Waals surface area (Å²) >= 11 is 2.00. The average Bonchev–Trinajstić information content (AvgIpc) is 2.81. The lowest BCUT2D eigenvalue weighted by Crippen LogP contribution is -2.42. The Kier molecular flexibility index (Phi) is 4.32. The molecule has 86 valence electrons. The minimum atomic E-state index is 0.295. The maximum absolute atomic E-state index is 11.7. The van der Waals surface area contributed by atoms with Gasteiger partial charge in [0.2, 0.25) is 5.91 Å². The Balaban J connectivity index is 1.65. The van der Waals surface area contributed by atoms with Crippen LogP contribution in [-0.4, -0.2) is 48.0 Å². The Morgan fingerprint density at radius 2 is 2.13 bits per heavy atom. The van der Waals surface area contributed by atoms with Crippen LogP contribution in [0.5, 0.6) is 0 Å². The summed E-state index contributed by atoms with van der Waals surface area (Å²) in [5, 5.41) is 3.39. The minimum absolute atomic E-state index is 0.295. The molecule has 2 fully saturated rings. The molecular formula is C11H20N2OS. The zero-order valence-electron chi connectivity index (χ0n) is 9.21. The van der Waals surface area contributed by atoms with E-state index in [1.165, 1.54) is 37.2 Å². The summed E-state index contributed by atoms with van der Waals surface area (Å²) in [7, 11) is 0. The van der Waals surface area contributed by atoms with E-state index in [2.05, 4.69) is 5.32 Å². The monoisotopic (exact) mass is 228 g/mol. The molecule has 0 bridgehead atoms. The Labute approximate surface area is 96.0 Å². The molecule has 0 spiro atoms. The number of rotatable bonds is 3. The van der Waals surface area contributed by atoms with Gasteiger partial charge in [0, 0.05) is 24.9 Å². The molecule has 0 aromatic carbocycles. The van der Waals surface area contributed by atoms with E-state index in [9.17, 15) is 4.79 Å². The van der Waals surface area contributed by atoms with Crippen molar-refractivity contribution in [3.8, 4) is 0 Å². The number of nitrogens with one attached hydrogen (secondary N) is 1. The van der Waals surface area contributed by atoms with Gasteiger partial charge in [-0.05, 0) is 31.4 Å². The fraction of sp³-hybridized carbons (Fsp3) is 0.909. The molecule has 0 saturated carbocycles. The van der Waals surface area contributed by atoms with E-state index in [0.29, 0.717) is 18.5 Å². The lowest BCUT2D eigenvalue weighted by molar-refractivity contribution is -0.129. The van der Waals surface area contributed by atoms with Crippen molar-refractivity contribution in [2.45, 2.75) is 31.7 Å². The molecule has 1 amide bonds. The molecule has 4 heteroatoms. The first-order chi connectivity index (χ1) is 7.36. The van der Waals surface area contributed by atoms with Crippen molar-refractivity contribution in [1.29, 1.82) is 0 Å². The van der Waals surface area contributed by atoms with Crippen molar-refractivity contribution in [1.82, 2.24) is 10.2 Å². The second-order valence-corrected chi connectivity index (χ2v) is 5.53. The zero-order valence-corrected chi connectivity index (χ0v) is 10.0. The van der Waals surface area contributed by atoms with Crippen LogP contribution in [0.15, 0.2) is 0 Å². The summed E-state index contributed by atoms with van der Waals surface area (Å²) < 4.78 is 0. The minimum Gasteiger partial charge on any atom is -0.342 e. The van der Waals surface area contributed by atoms with Gasteiger partial charge >= 0.3 is 0 Å². The third-order valence-electron chi connectivity index (χ3n) is 3.16. The fourth-order valence-corrected chi connectivity index (χ4v) is 3.32. The lowest BCUT2D eigenvalue weighted by atomic mass is 10.2. The SMILES string of the molecule is O=C(CNC1CCCSC1)N1CCCC1. The Bertz CT molecular complexity index is 211. The van der Waals surface area contributed by atoms with Gasteiger partial charge in [-0.3, -0.25) is 4.79 Å². The van der Waals surface area contributed by atoms with E-state index >= 15 is 0 Å². The van der Waals surface area contributed by atoms with Gasteiger partial charge in [0.1, 0.15) is 0 Å². The number of hydrogen-bond donors (Lipinski definition) is 1. The molecule has 15 heavy (non-hydrogen) atoms. The van der Waals surface area contributed by atoms with Crippen LogP contribution in [0.2, 0.25) is 0 Å². The normalized spacial score (nSPS) is 26.9. The summed E-state index contributed by atoms with van der Waals surface area (Å²) in [6.45, 7) is 2.49. The molecule has 2 saturated heterocycles. The van der Waals surface area contributed by atoms with E-state index in [4.69, 9.17) is 0 Å². The van der Waals surface area contributed by atoms with Gasteiger partial charge in [0.05, 0.1) is 6.54 Å². The predicted octanol–water partition coefficient (Wildman–Crippen LogP) is 1.09. The summed E-state index contributed by atoms with van der Waals surface area (Å²) in [5.41, 5.74) is 0. The second kappa shape index (κ2) is 5.75. The molecule has 0 aliphatic carbocycles. The molecule has 0 aromatic heterocycles. The van der Waals surface area contributed by atoms with Crippen molar-refractivity contribution < 1.29 is 4.79 Å². The Morgan fingerprint density at radius 1 is 1.33 bits per heavy atom. The van der Waals surface area contributed by atoms with E-state index in [1.807, 2.05) is 16.7 Å². The molecule has 2 rings (SSSR count). The molecule has 2 heterocycles. The van der Waals surface area contributed by atoms with Gasteiger partial charge in [-0.2, -0.15) is 11.8 Å². The molecule has 1 unspecified atom stereocenters. The Morgan fingerprint density at radius 3 is 2.80 bits per heavy atom. The van der Waals surface area contributed by atoms with Crippen molar-refractivity contribution in [2.75, 3.05) is 31.1 Å². The molecule has 0 radical (unpaired) electrons. The van der Waals surface area contributed by atoms with Crippen LogP contribution in [-0.2, 0) is 4.79 Å². The van der Waals surface area contributed by atoms with Crippen LogP contribution >= 0.6 is 11.8 Å². The number of carbonyl (C=O) groups excluding carboxylic acids is 1. The van der Waals surface area contributed by atoms with Gasteiger partial charge in [-0.25, -0.2) is 0 Å². The fourth-order valence-electron chi connectivity index (χ4n) is 2.21. The van der Waals surface area contributed by atoms with Crippen molar-refractivity contribution in [2.24, 2.45) is 0 Å². The summed E-state index contributed by atoms with van der Waals surface area (Å²) in [6, 6.07) is 0.565. The molecule has 0 aromatic rings. The summed E-state index contributed by atoms with van der Waals surface area (Å²) in [4.78, 5) is 13.7. The van der Waals surface area contributed by atoms with Crippen LogP contribution in [0.25, 0.3) is 0 Å². The highest BCUT2D eigenvalue weighted by Crippen LogP contribution is 2.16. The van der Waals surface area contributed by atoms with Gasteiger partial charge in [-0.1, -0.05) is 0 Å². The number of amides is 1. The number of nitrogens with zero attached hydrogens (tertiary/aromatic N) is 1. The first-order valence-corrected chi connectivity index (χ1v) is 7.10. The van der Waals surface area contributed by atoms with Crippen LogP contribution < -0.4 is 5.32 Å². The number of hydrogen-bond acceptors (Lipinski definition) is 3. The summed E-state index contributed by atoms with van der Waals surface area (Å²) in [5.74, 6) is 2.76. The van der Waals surface area contributed by atoms with Crippen LogP contribution in [0, 0.1) is 0 Å². The lowest BCUT2D eigenvalue weighted by Gasteiger charge is -2.23. The van der Waals surface area contributed by atoms with Crippen molar-refractivity contribution in [3.05, 3.63) is 0 Å². The quantitative estimate of drug-likeness (QED) is 0.785. The number of likely N-dealkylation sites (tertiary alicyclic amines) is 1. The van der Waals surface area contributed by atoms with E-state index < -0.39 is 0 Å². The van der Waals surface area contributed by atoms with Crippen molar-refractivity contribution in [3.63, 3.8) is 0 Å². The molecule has 2 aliphatic rings.